The predicted octanol–water partition coefficient (Wildman–Crippen LogP) is -0.761. The summed E-state index contributed by atoms with van der Waals surface area (Å²) in [6.07, 6.45) is 1.27. The van der Waals surface area contributed by atoms with E-state index < -0.39 is 5.54 Å². The number of hydrogen-bond acceptors (Lipinski definition) is 4. The van der Waals surface area contributed by atoms with Gasteiger partial charge in [-0.15, -0.1) is 0 Å². The van der Waals surface area contributed by atoms with E-state index >= 15 is 0 Å². The number of ether oxygens (including phenoxy) is 1. The van der Waals surface area contributed by atoms with Crippen LogP contribution in [0.1, 0.15) is 19.8 Å². The second-order valence-corrected chi connectivity index (χ2v) is 4.29. The molecule has 1 amide bonds. The lowest BCUT2D eigenvalue weighted by atomic mass is 9.99. The molecule has 0 aromatic carbocycles. The summed E-state index contributed by atoms with van der Waals surface area (Å²) in [5.41, 5.74) is 5.03. The van der Waals surface area contributed by atoms with Crippen molar-refractivity contribution in [3.63, 3.8) is 0 Å². The average molecular weight is 216 g/mol. The smallest absolute Gasteiger partial charge is 0.242 e. The molecule has 0 bridgehead atoms. The molecule has 5 nitrogen and oxygen atoms in total. The third kappa shape index (κ3) is 3.44. The molecule has 1 aliphatic rings. The zero-order valence-electron chi connectivity index (χ0n) is 9.16. The second kappa shape index (κ2) is 5.44. The van der Waals surface area contributed by atoms with E-state index in [1.54, 1.807) is 0 Å². The second-order valence-electron chi connectivity index (χ2n) is 4.29. The van der Waals surface area contributed by atoms with Crippen LogP contribution in [-0.2, 0) is 9.53 Å². The molecule has 88 valence electrons. The van der Waals surface area contributed by atoms with E-state index in [-0.39, 0.29) is 18.4 Å². The predicted molar refractivity (Wildman–Crippen MR) is 56.2 cm³/mol. The van der Waals surface area contributed by atoms with Crippen LogP contribution in [0.5, 0.6) is 0 Å². The highest BCUT2D eigenvalue weighted by Gasteiger charge is 2.38. The number of nitrogens with one attached hydrogen (secondary N) is 1. The minimum absolute atomic E-state index is 0.147. The van der Waals surface area contributed by atoms with Gasteiger partial charge in [0.2, 0.25) is 5.91 Å². The van der Waals surface area contributed by atoms with Crippen molar-refractivity contribution in [1.29, 1.82) is 0 Å². The molecular formula is C10H20N2O3. The van der Waals surface area contributed by atoms with Crippen LogP contribution >= 0.6 is 0 Å². The molecule has 2 unspecified atom stereocenters. The van der Waals surface area contributed by atoms with E-state index in [9.17, 15) is 4.79 Å². The van der Waals surface area contributed by atoms with Gasteiger partial charge in [0.15, 0.2) is 0 Å². The van der Waals surface area contributed by atoms with Crippen molar-refractivity contribution < 1.29 is 14.6 Å². The van der Waals surface area contributed by atoms with Gasteiger partial charge in [-0.25, -0.2) is 0 Å². The van der Waals surface area contributed by atoms with Crippen LogP contribution in [0.4, 0.5) is 0 Å². The Bertz CT molecular complexity index is 215. The first-order valence-electron chi connectivity index (χ1n) is 5.34. The molecule has 15 heavy (non-hydrogen) atoms. The lowest BCUT2D eigenvalue weighted by molar-refractivity contribution is -0.126. The average Bonchev–Trinajstić information content (AvgIpc) is 2.63. The molecule has 0 aliphatic carbocycles. The highest BCUT2D eigenvalue weighted by molar-refractivity contribution is 5.86. The molecule has 0 aromatic rings. The number of nitrogens with two attached hydrogens (primary N) is 1. The van der Waals surface area contributed by atoms with Crippen LogP contribution in [0, 0.1) is 5.92 Å². The quantitative estimate of drug-likeness (QED) is 0.564. The van der Waals surface area contributed by atoms with Crippen LogP contribution in [0.2, 0.25) is 0 Å². The van der Waals surface area contributed by atoms with Gasteiger partial charge in [-0.2, -0.15) is 0 Å². The van der Waals surface area contributed by atoms with Crippen molar-refractivity contribution in [3.05, 3.63) is 0 Å². The molecule has 0 spiro atoms. The van der Waals surface area contributed by atoms with Crippen molar-refractivity contribution in [2.45, 2.75) is 25.3 Å². The number of aliphatic hydroxyl groups excluding tert-OH is 1. The van der Waals surface area contributed by atoms with Gasteiger partial charge < -0.3 is 20.9 Å². The maximum Gasteiger partial charge on any atom is 0.242 e. The van der Waals surface area contributed by atoms with Crippen LogP contribution < -0.4 is 11.1 Å². The minimum Gasteiger partial charge on any atom is -0.396 e. The lowest BCUT2D eigenvalue weighted by Crippen LogP contribution is -2.55. The van der Waals surface area contributed by atoms with E-state index in [0.717, 1.165) is 0 Å². The van der Waals surface area contributed by atoms with Gasteiger partial charge in [-0.05, 0) is 18.8 Å². The van der Waals surface area contributed by atoms with E-state index in [1.165, 1.54) is 0 Å². The molecule has 1 aliphatic heterocycles. The van der Waals surface area contributed by atoms with Crippen LogP contribution in [0.15, 0.2) is 0 Å². The summed E-state index contributed by atoms with van der Waals surface area (Å²) >= 11 is 0. The van der Waals surface area contributed by atoms with Gasteiger partial charge in [0.05, 0.1) is 6.61 Å². The number of carbonyl (C=O) groups excluding carboxylic acids is 1. The molecule has 1 fully saturated rings. The first-order valence-corrected chi connectivity index (χ1v) is 5.34. The normalized spacial score (nSPS) is 27.7. The van der Waals surface area contributed by atoms with E-state index in [1.807, 2.05) is 6.92 Å². The lowest BCUT2D eigenvalue weighted by Gasteiger charge is -2.21. The standard InChI is InChI=1S/C10H20N2O3/c1-8(2-4-13)6-12-9(14)10(11)3-5-15-7-10/h8,13H,2-7,11H2,1H3,(H,12,14). The van der Waals surface area contributed by atoms with Gasteiger partial charge in [-0.3, -0.25) is 4.79 Å². The van der Waals surface area contributed by atoms with Gasteiger partial charge in [0.25, 0.3) is 0 Å². The summed E-state index contributed by atoms with van der Waals surface area (Å²) in [6.45, 7) is 3.53. The Morgan fingerprint density at radius 2 is 2.47 bits per heavy atom. The third-order valence-electron chi connectivity index (χ3n) is 2.74. The topological polar surface area (TPSA) is 84.6 Å². The Balaban J connectivity index is 2.29. The summed E-state index contributed by atoms with van der Waals surface area (Å²) in [6, 6.07) is 0. The molecule has 1 heterocycles. The van der Waals surface area contributed by atoms with Gasteiger partial charge in [0.1, 0.15) is 5.54 Å². The van der Waals surface area contributed by atoms with Crippen molar-refractivity contribution in [1.82, 2.24) is 5.32 Å². The Morgan fingerprint density at radius 1 is 1.73 bits per heavy atom. The maximum absolute atomic E-state index is 11.7. The molecule has 1 saturated heterocycles. The van der Waals surface area contributed by atoms with Crippen LogP contribution in [-0.4, -0.2) is 42.9 Å². The molecule has 1 rings (SSSR count). The first-order chi connectivity index (χ1) is 7.08. The Labute approximate surface area is 90.0 Å². The molecule has 0 radical (unpaired) electrons. The highest BCUT2D eigenvalue weighted by Crippen LogP contribution is 2.15. The van der Waals surface area contributed by atoms with E-state index in [4.69, 9.17) is 15.6 Å². The fourth-order valence-corrected chi connectivity index (χ4v) is 1.53. The molecule has 2 atom stereocenters. The maximum atomic E-state index is 11.7. The third-order valence-corrected chi connectivity index (χ3v) is 2.74. The molecular weight excluding hydrogens is 196 g/mol. The number of hydrogen-bond donors (Lipinski definition) is 3. The molecule has 0 saturated carbocycles. The SMILES string of the molecule is CC(CCO)CNC(=O)C1(N)CCOC1. The molecule has 4 N–H and O–H groups in total. The zero-order chi connectivity index (χ0) is 11.3. The van der Waals surface area contributed by atoms with Gasteiger partial charge in [-0.1, -0.05) is 6.92 Å². The summed E-state index contributed by atoms with van der Waals surface area (Å²) in [4.78, 5) is 11.7. The Morgan fingerprint density at radius 3 is 3.00 bits per heavy atom. The van der Waals surface area contributed by atoms with Crippen molar-refractivity contribution >= 4 is 5.91 Å². The largest absolute Gasteiger partial charge is 0.396 e. The Hall–Kier alpha value is -0.650. The van der Waals surface area contributed by atoms with Crippen LogP contribution in [0.3, 0.4) is 0 Å². The highest BCUT2D eigenvalue weighted by atomic mass is 16.5. The zero-order valence-corrected chi connectivity index (χ0v) is 9.16. The van der Waals surface area contributed by atoms with Gasteiger partial charge >= 0.3 is 0 Å². The van der Waals surface area contributed by atoms with Crippen molar-refractivity contribution in [2.75, 3.05) is 26.4 Å². The van der Waals surface area contributed by atoms with Crippen molar-refractivity contribution in [2.24, 2.45) is 11.7 Å². The summed E-state index contributed by atoms with van der Waals surface area (Å²) in [5, 5.41) is 11.5. The van der Waals surface area contributed by atoms with Gasteiger partial charge in [0, 0.05) is 19.8 Å². The summed E-state index contributed by atoms with van der Waals surface area (Å²) in [7, 11) is 0. The summed E-state index contributed by atoms with van der Waals surface area (Å²) < 4.78 is 5.11. The van der Waals surface area contributed by atoms with Crippen molar-refractivity contribution in [3.8, 4) is 0 Å². The van der Waals surface area contributed by atoms with E-state index in [0.29, 0.717) is 32.6 Å². The number of rotatable bonds is 5. The number of aliphatic hydroxyl groups is 1. The number of amides is 1. The molecule has 0 aromatic heterocycles. The van der Waals surface area contributed by atoms with E-state index in [2.05, 4.69) is 5.32 Å². The fourth-order valence-electron chi connectivity index (χ4n) is 1.53. The number of carbonyl (C=O) groups is 1. The first kappa shape index (κ1) is 12.4. The monoisotopic (exact) mass is 216 g/mol. The molecule has 5 heteroatoms. The Kier molecular flexibility index (Phi) is 4.50. The summed E-state index contributed by atoms with van der Waals surface area (Å²) in [5.74, 6) is 0.120. The van der Waals surface area contributed by atoms with Crippen LogP contribution in [0.25, 0.3) is 0 Å². The minimum atomic E-state index is -0.848. The fraction of sp³-hybridized carbons (Fsp3) is 0.900.